The Labute approximate surface area is 101 Å². The van der Waals surface area contributed by atoms with Gasteiger partial charge in [-0.15, -0.1) is 0 Å². The van der Waals surface area contributed by atoms with Crippen LogP contribution in [0, 0.1) is 6.92 Å². The number of halogens is 1. The molecule has 1 unspecified atom stereocenters. The van der Waals surface area contributed by atoms with Gasteiger partial charge in [0.05, 0.1) is 12.7 Å². The predicted octanol–water partition coefficient (Wildman–Crippen LogP) is 2.62. The molecule has 1 aromatic rings. The van der Waals surface area contributed by atoms with Crippen LogP contribution in [-0.4, -0.2) is 19.2 Å². The van der Waals surface area contributed by atoms with Crippen LogP contribution in [0.5, 0.6) is 0 Å². The van der Waals surface area contributed by atoms with Gasteiger partial charge in [-0.05, 0) is 37.1 Å². The van der Waals surface area contributed by atoms with Crippen molar-refractivity contribution >= 4 is 11.6 Å². The van der Waals surface area contributed by atoms with Crippen molar-refractivity contribution in [2.24, 2.45) is 0 Å². The zero-order valence-electron chi connectivity index (χ0n) is 9.42. The van der Waals surface area contributed by atoms with Crippen LogP contribution >= 0.6 is 11.6 Å². The highest BCUT2D eigenvalue weighted by Crippen LogP contribution is 2.39. The SMILES string of the molecule is Cc1ccc(Cl)c2c1[C@@H]1CNCCC1OC2. The van der Waals surface area contributed by atoms with Crippen LogP contribution in [0.4, 0.5) is 0 Å². The third kappa shape index (κ3) is 1.56. The van der Waals surface area contributed by atoms with Crippen molar-refractivity contribution in [3.63, 3.8) is 0 Å². The van der Waals surface area contributed by atoms with E-state index in [9.17, 15) is 0 Å². The number of nitrogens with one attached hydrogen (secondary N) is 1. The lowest BCUT2D eigenvalue weighted by atomic mass is 9.82. The molecule has 1 aromatic carbocycles. The first-order valence-corrected chi connectivity index (χ1v) is 6.25. The van der Waals surface area contributed by atoms with E-state index in [1.54, 1.807) is 0 Å². The lowest BCUT2D eigenvalue weighted by Gasteiger charge is -2.38. The fourth-order valence-electron chi connectivity index (χ4n) is 2.93. The Balaban J connectivity index is 2.10. The van der Waals surface area contributed by atoms with Crippen LogP contribution in [0.3, 0.4) is 0 Å². The number of aryl methyl sites for hydroxylation is 1. The summed E-state index contributed by atoms with van der Waals surface area (Å²) in [6.45, 7) is 4.93. The third-order valence-electron chi connectivity index (χ3n) is 3.75. The summed E-state index contributed by atoms with van der Waals surface area (Å²) in [6, 6.07) is 4.10. The fraction of sp³-hybridized carbons (Fsp3) is 0.538. The maximum absolute atomic E-state index is 6.24. The molecular formula is C13H16ClNO. The fourth-order valence-corrected chi connectivity index (χ4v) is 3.15. The van der Waals surface area contributed by atoms with E-state index in [-0.39, 0.29) is 0 Å². The van der Waals surface area contributed by atoms with Crippen molar-refractivity contribution in [1.29, 1.82) is 0 Å². The van der Waals surface area contributed by atoms with E-state index >= 15 is 0 Å². The first-order valence-electron chi connectivity index (χ1n) is 5.87. The van der Waals surface area contributed by atoms with E-state index < -0.39 is 0 Å². The van der Waals surface area contributed by atoms with Crippen molar-refractivity contribution in [2.45, 2.75) is 32.0 Å². The molecule has 16 heavy (non-hydrogen) atoms. The molecule has 0 bridgehead atoms. The van der Waals surface area contributed by atoms with Gasteiger partial charge in [0.25, 0.3) is 0 Å². The highest BCUT2D eigenvalue weighted by molar-refractivity contribution is 6.31. The average Bonchev–Trinajstić information content (AvgIpc) is 2.33. The summed E-state index contributed by atoms with van der Waals surface area (Å²) in [5.41, 5.74) is 3.98. The molecule has 2 aliphatic heterocycles. The van der Waals surface area contributed by atoms with Gasteiger partial charge in [0.1, 0.15) is 0 Å². The lowest BCUT2D eigenvalue weighted by molar-refractivity contribution is -0.00698. The molecule has 0 aromatic heterocycles. The summed E-state index contributed by atoms with van der Waals surface area (Å²) in [7, 11) is 0. The minimum Gasteiger partial charge on any atom is -0.373 e. The minimum absolute atomic E-state index is 0.380. The molecule has 0 aliphatic carbocycles. The van der Waals surface area contributed by atoms with Gasteiger partial charge < -0.3 is 10.1 Å². The number of hydrogen-bond donors (Lipinski definition) is 1. The summed E-state index contributed by atoms with van der Waals surface area (Å²) in [6.07, 6.45) is 1.49. The molecule has 2 nitrogen and oxygen atoms in total. The molecule has 1 saturated heterocycles. The molecule has 86 valence electrons. The van der Waals surface area contributed by atoms with Gasteiger partial charge in [-0.1, -0.05) is 17.7 Å². The summed E-state index contributed by atoms with van der Waals surface area (Å²) in [5, 5.41) is 4.30. The zero-order chi connectivity index (χ0) is 11.1. The minimum atomic E-state index is 0.380. The Morgan fingerprint density at radius 2 is 2.31 bits per heavy atom. The van der Waals surface area contributed by atoms with Crippen molar-refractivity contribution in [3.05, 3.63) is 33.8 Å². The molecule has 3 rings (SSSR count). The number of benzene rings is 1. The maximum atomic E-state index is 6.24. The quantitative estimate of drug-likeness (QED) is 0.749. The van der Waals surface area contributed by atoms with Gasteiger partial charge in [0, 0.05) is 23.0 Å². The summed E-state index contributed by atoms with van der Waals surface area (Å²) in [5.74, 6) is 0.483. The zero-order valence-corrected chi connectivity index (χ0v) is 10.2. The number of piperidine rings is 1. The van der Waals surface area contributed by atoms with Crippen LogP contribution in [0.2, 0.25) is 5.02 Å². The van der Waals surface area contributed by atoms with Crippen LogP contribution < -0.4 is 5.32 Å². The molecule has 0 amide bonds. The number of ether oxygens (including phenoxy) is 1. The smallest absolute Gasteiger partial charge is 0.0738 e. The van der Waals surface area contributed by atoms with Crippen molar-refractivity contribution in [1.82, 2.24) is 5.32 Å². The Hall–Kier alpha value is -0.570. The maximum Gasteiger partial charge on any atom is 0.0738 e. The van der Waals surface area contributed by atoms with Crippen LogP contribution in [0.25, 0.3) is 0 Å². The number of hydrogen-bond acceptors (Lipinski definition) is 2. The summed E-state index contributed by atoms with van der Waals surface area (Å²) < 4.78 is 5.92. The second kappa shape index (κ2) is 4.02. The molecule has 0 saturated carbocycles. The molecule has 3 heteroatoms. The second-order valence-corrected chi connectivity index (χ2v) is 5.11. The van der Waals surface area contributed by atoms with E-state index in [0.29, 0.717) is 18.6 Å². The van der Waals surface area contributed by atoms with Gasteiger partial charge in [-0.3, -0.25) is 0 Å². The predicted molar refractivity (Wildman–Crippen MR) is 65.0 cm³/mol. The largest absolute Gasteiger partial charge is 0.373 e. The number of fused-ring (bicyclic) bond motifs is 3. The van der Waals surface area contributed by atoms with E-state index in [0.717, 1.165) is 24.5 Å². The van der Waals surface area contributed by atoms with Crippen LogP contribution in [-0.2, 0) is 11.3 Å². The molecule has 2 atom stereocenters. The van der Waals surface area contributed by atoms with Crippen molar-refractivity contribution < 1.29 is 4.74 Å². The second-order valence-electron chi connectivity index (χ2n) is 4.71. The molecule has 2 heterocycles. The Morgan fingerprint density at radius 1 is 1.44 bits per heavy atom. The van der Waals surface area contributed by atoms with Gasteiger partial charge in [0.15, 0.2) is 0 Å². The highest BCUT2D eigenvalue weighted by atomic mass is 35.5. The lowest BCUT2D eigenvalue weighted by Crippen LogP contribution is -2.42. The third-order valence-corrected chi connectivity index (χ3v) is 4.10. The van der Waals surface area contributed by atoms with Crippen molar-refractivity contribution in [2.75, 3.05) is 13.1 Å². The van der Waals surface area contributed by atoms with Gasteiger partial charge in [0.2, 0.25) is 0 Å². The van der Waals surface area contributed by atoms with E-state index in [4.69, 9.17) is 16.3 Å². The first kappa shape index (κ1) is 10.6. The van der Waals surface area contributed by atoms with Gasteiger partial charge in [-0.2, -0.15) is 0 Å². The van der Waals surface area contributed by atoms with Gasteiger partial charge >= 0.3 is 0 Å². The monoisotopic (exact) mass is 237 g/mol. The Morgan fingerprint density at radius 3 is 3.19 bits per heavy atom. The normalized spacial score (nSPS) is 28.4. The molecule has 2 aliphatic rings. The summed E-state index contributed by atoms with van der Waals surface area (Å²) >= 11 is 6.24. The molecule has 1 N–H and O–H groups in total. The van der Waals surface area contributed by atoms with E-state index in [1.165, 1.54) is 16.7 Å². The van der Waals surface area contributed by atoms with E-state index in [2.05, 4.69) is 18.3 Å². The molecule has 0 spiro atoms. The topological polar surface area (TPSA) is 21.3 Å². The van der Waals surface area contributed by atoms with Gasteiger partial charge in [-0.25, -0.2) is 0 Å². The number of rotatable bonds is 0. The Kier molecular flexibility index (Phi) is 2.66. The van der Waals surface area contributed by atoms with Crippen LogP contribution in [0.15, 0.2) is 12.1 Å². The summed E-state index contributed by atoms with van der Waals surface area (Å²) in [4.78, 5) is 0. The van der Waals surface area contributed by atoms with Crippen molar-refractivity contribution in [3.8, 4) is 0 Å². The molecule has 1 fully saturated rings. The first-order chi connectivity index (χ1) is 7.77. The van der Waals surface area contributed by atoms with Crippen LogP contribution in [0.1, 0.15) is 29.0 Å². The molecule has 0 radical (unpaired) electrons. The highest BCUT2D eigenvalue weighted by Gasteiger charge is 2.34. The van der Waals surface area contributed by atoms with E-state index in [1.807, 2.05) is 6.07 Å². The Bertz CT molecular complexity index is 419. The average molecular weight is 238 g/mol. The molecular weight excluding hydrogens is 222 g/mol. The standard InChI is InChI=1S/C13H16ClNO/c1-8-2-3-11(14)10-7-16-12-4-5-15-6-9(12)13(8)10/h2-3,9,12,15H,4-7H2,1H3/t9-,12?/m1/s1.